The second-order valence-corrected chi connectivity index (χ2v) is 8.59. The van der Waals surface area contributed by atoms with Crippen molar-refractivity contribution in [2.24, 2.45) is 5.10 Å². The van der Waals surface area contributed by atoms with Crippen LogP contribution in [-0.2, 0) is 4.79 Å². The fourth-order valence-electron chi connectivity index (χ4n) is 4.36. The topological polar surface area (TPSA) is 109 Å². The lowest BCUT2D eigenvalue weighted by Gasteiger charge is -2.36. The molecule has 2 aliphatic rings. The summed E-state index contributed by atoms with van der Waals surface area (Å²) >= 11 is 5.94. The molecule has 3 aromatic rings. The van der Waals surface area contributed by atoms with E-state index in [4.69, 9.17) is 20.4 Å². The zero-order valence-electron chi connectivity index (χ0n) is 18.2. The smallest absolute Gasteiger partial charge is 0.294 e. The molecule has 0 N–H and O–H groups in total. The van der Waals surface area contributed by atoms with Gasteiger partial charge in [0.1, 0.15) is 29.0 Å². The maximum absolute atomic E-state index is 13.3. The van der Waals surface area contributed by atoms with Crippen molar-refractivity contribution in [2.75, 3.05) is 37.6 Å². The molecular formula is C23H22ClN5O5. The Hall–Kier alpha value is -3.63. The second-order valence-electron chi connectivity index (χ2n) is 8.15. The largest absolute Gasteiger partial charge is 0.467 e. The molecule has 1 amide bonds. The molecule has 2 aliphatic heterocycles. The average Bonchev–Trinajstić information content (AvgIpc) is 3.60. The summed E-state index contributed by atoms with van der Waals surface area (Å²) in [4.78, 5) is 28.3. The van der Waals surface area contributed by atoms with Gasteiger partial charge in [0.05, 0.1) is 24.0 Å². The molecule has 11 heteroatoms. The van der Waals surface area contributed by atoms with Crippen LogP contribution in [0.1, 0.15) is 24.0 Å². The van der Waals surface area contributed by atoms with E-state index in [2.05, 4.69) is 5.10 Å². The highest BCUT2D eigenvalue weighted by Gasteiger charge is 2.36. The van der Waals surface area contributed by atoms with Crippen LogP contribution in [0.2, 0.25) is 5.02 Å². The molecule has 0 spiro atoms. The number of amides is 1. The number of nitro groups is 1. The monoisotopic (exact) mass is 483 g/mol. The first-order chi connectivity index (χ1) is 16.5. The highest BCUT2D eigenvalue weighted by molar-refractivity contribution is 6.30. The first-order valence-corrected chi connectivity index (χ1v) is 11.3. The van der Waals surface area contributed by atoms with Crippen molar-refractivity contribution in [3.63, 3.8) is 0 Å². The van der Waals surface area contributed by atoms with Crippen molar-refractivity contribution in [3.8, 4) is 0 Å². The van der Waals surface area contributed by atoms with Crippen molar-refractivity contribution in [1.82, 2.24) is 9.91 Å². The van der Waals surface area contributed by atoms with E-state index in [9.17, 15) is 14.9 Å². The summed E-state index contributed by atoms with van der Waals surface area (Å²) in [5.74, 6) is 1.15. The molecule has 5 rings (SSSR count). The molecule has 176 valence electrons. The van der Waals surface area contributed by atoms with Gasteiger partial charge in [-0.15, -0.1) is 0 Å². The molecule has 0 bridgehead atoms. The summed E-state index contributed by atoms with van der Waals surface area (Å²) in [5.41, 5.74) is 1.21. The number of piperazine rings is 1. The molecule has 1 atom stereocenters. The van der Waals surface area contributed by atoms with Crippen molar-refractivity contribution in [2.45, 2.75) is 12.5 Å². The number of rotatable bonds is 6. The minimum atomic E-state index is -0.423. The molecule has 4 heterocycles. The van der Waals surface area contributed by atoms with E-state index in [1.807, 2.05) is 21.9 Å². The standard InChI is InChI=1S/C23H22ClN5O5/c24-16-5-6-18(19(13-16)29(31)32)27-9-7-26(8-10-27)15-23(30)28-20(22-4-2-12-34-22)14-17(25-28)21-3-1-11-33-21/h1-6,11-13,20H,7-10,14-15H2/t20-/m1/s1. The summed E-state index contributed by atoms with van der Waals surface area (Å²) in [6, 6.07) is 11.6. The van der Waals surface area contributed by atoms with Crippen LogP contribution in [0.5, 0.6) is 0 Å². The fraction of sp³-hybridized carbons (Fsp3) is 0.304. The van der Waals surface area contributed by atoms with Crippen LogP contribution < -0.4 is 4.90 Å². The molecular weight excluding hydrogens is 462 g/mol. The lowest BCUT2D eigenvalue weighted by atomic mass is 10.1. The highest BCUT2D eigenvalue weighted by Crippen LogP contribution is 2.34. The van der Waals surface area contributed by atoms with Gasteiger partial charge in [0.25, 0.3) is 11.6 Å². The summed E-state index contributed by atoms with van der Waals surface area (Å²) in [7, 11) is 0. The predicted octanol–water partition coefficient (Wildman–Crippen LogP) is 3.93. The van der Waals surface area contributed by atoms with E-state index >= 15 is 0 Å². The van der Waals surface area contributed by atoms with E-state index in [0.717, 1.165) is 0 Å². The van der Waals surface area contributed by atoms with Gasteiger partial charge in [0, 0.05) is 43.7 Å². The van der Waals surface area contributed by atoms with Crippen LogP contribution in [-0.4, -0.2) is 59.2 Å². The summed E-state index contributed by atoms with van der Waals surface area (Å²) in [6.45, 7) is 2.46. The maximum Gasteiger partial charge on any atom is 0.294 e. The fourth-order valence-corrected chi connectivity index (χ4v) is 4.52. The first kappa shape index (κ1) is 22.2. The van der Waals surface area contributed by atoms with E-state index in [0.29, 0.717) is 60.5 Å². The van der Waals surface area contributed by atoms with Crippen LogP contribution in [0.4, 0.5) is 11.4 Å². The Labute approximate surface area is 200 Å². The third kappa shape index (κ3) is 4.42. The van der Waals surface area contributed by atoms with Gasteiger partial charge in [-0.05, 0) is 36.4 Å². The Kier molecular flexibility index (Phi) is 6.08. The van der Waals surface area contributed by atoms with Crippen molar-refractivity contribution in [1.29, 1.82) is 0 Å². The Balaban J connectivity index is 1.26. The number of halogens is 1. The lowest BCUT2D eigenvalue weighted by Crippen LogP contribution is -2.49. The molecule has 1 aromatic carbocycles. The van der Waals surface area contributed by atoms with Gasteiger partial charge in [0.15, 0.2) is 0 Å². The van der Waals surface area contributed by atoms with E-state index in [1.54, 1.807) is 36.8 Å². The summed E-state index contributed by atoms with van der Waals surface area (Å²) in [6.07, 6.45) is 3.66. The third-order valence-corrected chi connectivity index (χ3v) is 6.28. The van der Waals surface area contributed by atoms with Crippen LogP contribution in [0, 0.1) is 10.1 Å². The molecule has 1 saturated heterocycles. The van der Waals surface area contributed by atoms with Crippen molar-refractivity contribution in [3.05, 3.63) is 81.6 Å². The van der Waals surface area contributed by atoms with Gasteiger partial charge in [-0.3, -0.25) is 19.8 Å². The SMILES string of the molecule is O=C(CN1CCN(c2ccc(Cl)cc2[N+](=O)[O-])CC1)N1N=C(c2ccco2)C[C@@H]1c1ccco1. The third-order valence-electron chi connectivity index (χ3n) is 6.05. The number of benzene rings is 1. The Bertz CT molecular complexity index is 1200. The second kappa shape index (κ2) is 9.32. The molecule has 0 radical (unpaired) electrons. The molecule has 0 unspecified atom stereocenters. The summed E-state index contributed by atoms with van der Waals surface area (Å²) in [5, 5.41) is 17.8. The first-order valence-electron chi connectivity index (χ1n) is 10.9. The number of nitro benzene ring substituents is 1. The van der Waals surface area contributed by atoms with Crippen molar-refractivity contribution < 1.29 is 18.6 Å². The van der Waals surface area contributed by atoms with E-state index < -0.39 is 4.92 Å². The predicted molar refractivity (Wildman–Crippen MR) is 125 cm³/mol. The van der Waals surface area contributed by atoms with Gasteiger partial charge < -0.3 is 13.7 Å². The lowest BCUT2D eigenvalue weighted by molar-refractivity contribution is -0.384. The quantitative estimate of drug-likeness (QED) is 0.386. The molecule has 0 aliphatic carbocycles. The average molecular weight is 484 g/mol. The zero-order valence-corrected chi connectivity index (χ0v) is 18.9. The van der Waals surface area contributed by atoms with Crippen LogP contribution in [0.3, 0.4) is 0 Å². The van der Waals surface area contributed by atoms with Gasteiger partial charge in [-0.1, -0.05) is 11.6 Å². The highest BCUT2D eigenvalue weighted by atomic mass is 35.5. The van der Waals surface area contributed by atoms with Crippen LogP contribution in [0.25, 0.3) is 0 Å². The zero-order chi connectivity index (χ0) is 23.7. The maximum atomic E-state index is 13.3. The number of carbonyl (C=O) groups excluding carboxylic acids is 1. The van der Waals surface area contributed by atoms with E-state index in [1.165, 1.54) is 11.1 Å². The van der Waals surface area contributed by atoms with Crippen LogP contribution >= 0.6 is 11.6 Å². The number of furan rings is 2. The minimum absolute atomic E-state index is 0.0184. The van der Waals surface area contributed by atoms with Gasteiger partial charge in [0.2, 0.25) is 0 Å². The van der Waals surface area contributed by atoms with E-state index in [-0.39, 0.29) is 24.2 Å². The molecule has 2 aromatic heterocycles. The molecule has 34 heavy (non-hydrogen) atoms. The summed E-state index contributed by atoms with van der Waals surface area (Å²) < 4.78 is 11.1. The number of hydrogen-bond acceptors (Lipinski definition) is 8. The molecule has 0 saturated carbocycles. The number of carbonyl (C=O) groups is 1. The normalized spacial score (nSPS) is 18.9. The Morgan fingerprint density at radius 2 is 1.88 bits per heavy atom. The van der Waals surface area contributed by atoms with Crippen molar-refractivity contribution >= 4 is 34.6 Å². The number of hydrogen-bond donors (Lipinski definition) is 0. The molecule has 1 fully saturated rings. The van der Waals surface area contributed by atoms with Gasteiger partial charge in [-0.2, -0.15) is 5.10 Å². The number of hydrazone groups is 1. The van der Waals surface area contributed by atoms with Gasteiger partial charge in [-0.25, -0.2) is 5.01 Å². The van der Waals surface area contributed by atoms with Crippen LogP contribution in [0.15, 0.2) is 68.9 Å². The Morgan fingerprint density at radius 1 is 1.12 bits per heavy atom. The number of nitrogens with zero attached hydrogens (tertiary/aromatic N) is 5. The number of anilines is 1. The Morgan fingerprint density at radius 3 is 2.56 bits per heavy atom. The van der Waals surface area contributed by atoms with Gasteiger partial charge >= 0.3 is 0 Å². The minimum Gasteiger partial charge on any atom is -0.467 e. The molecule has 10 nitrogen and oxygen atoms in total.